The summed E-state index contributed by atoms with van der Waals surface area (Å²) in [6.07, 6.45) is 0.978. The molecule has 0 saturated heterocycles. The molecule has 1 aromatic rings. The van der Waals surface area contributed by atoms with Gasteiger partial charge in [-0.05, 0) is 18.9 Å². The molecule has 0 aliphatic rings. The van der Waals surface area contributed by atoms with E-state index in [1.165, 1.54) is 0 Å². The second-order valence-electron chi connectivity index (χ2n) is 3.93. The fourth-order valence-corrected chi connectivity index (χ4v) is 1.25. The molecule has 1 unspecified atom stereocenters. The molecule has 0 radical (unpaired) electrons. The van der Waals surface area contributed by atoms with Crippen LogP contribution in [0.1, 0.15) is 44.9 Å². The summed E-state index contributed by atoms with van der Waals surface area (Å²) in [5, 5.41) is 7.33. The summed E-state index contributed by atoms with van der Waals surface area (Å²) in [6, 6.07) is 0.217. The maximum Gasteiger partial charge on any atom is 0.223 e. The van der Waals surface area contributed by atoms with Crippen LogP contribution in [-0.4, -0.2) is 16.7 Å². The second-order valence-corrected chi connectivity index (χ2v) is 3.93. The molecule has 0 aliphatic carbocycles. The summed E-state index contributed by atoms with van der Waals surface area (Å²) in [7, 11) is 0. The zero-order valence-electron chi connectivity index (χ0n) is 9.37. The molecule has 0 bridgehead atoms. The average molecular weight is 197 g/mol. The van der Waals surface area contributed by atoms with Crippen LogP contribution in [-0.2, 0) is 0 Å². The lowest BCUT2D eigenvalue weighted by Gasteiger charge is -2.14. The van der Waals surface area contributed by atoms with Crippen molar-refractivity contribution in [3.05, 3.63) is 11.7 Å². The van der Waals surface area contributed by atoms with E-state index in [9.17, 15) is 0 Å². The van der Waals surface area contributed by atoms with Crippen LogP contribution in [0.25, 0.3) is 0 Å². The van der Waals surface area contributed by atoms with Crippen molar-refractivity contribution in [2.75, 3.05) is 6.54 Å². The molecule has 0 saturated carbocycles. The molecule has 1 rings (SSSR count). The third kappa shape index (κ3) is 3.10. The Morgan fingerprint density at radius 2 is 2.14 bits per heavy atom. The normalized spacial score (nSPS) is 13.5. The molecule has 4 nitrogen and oxygen atoms in total. The van der Waals surface area contributed by atoms with Gasteiger partial charge in [-0.1, -0.05) is 25.9 Å². The van der Waals surface area contributed by atoms with E-state index in [2.05, 4.69) is 36.2 Å². The highest BCUT2D eigenvalue weighted by Crippen LogP contribution is 2.12. The maximum absolute atomic E-state index is 4.95. The Morgan fingerprint density at radius 3 is 2.57 bits per heavy atom. The van der Waals surface area contributed by atoms with Gasteiger partial charge in [0.2, 0.25) is 5.89 Å². The molecule has 0 amide bonds. The first-order valence-electron chi connectivity index (χ1n) is 5.17. The average Bonchev–Trinajstić information content (AvgIpc) is 2.53. The van der Waals surface area contributed by atoms with E-state index >= 15 is 0 Å². The second kappa shape index (κ2) is 5.10. The topological polar surface area (TPSA) is 51.0 Å². The molecule has 0 spiro atoms. The molecular weight excluding hydrogens is 178 g/mol. The summed E-state index contributed by atoms with van der Waals surface area (Å²) in [5.74, 6) is 2.03. The molecule has 1 heterocycles. The molecule has 1 N–H and O–H groups in total. The van der Waals surface area contributed by atoms with Gasteiger partial charge < -0.3 is 9.84 Å². The van der Waals surface area contributed by atoms with Gasteiger partial charge in [-0.25, -0.2) is 0 Å². The first-order valence-corrected chi connectivity index (χ1v) is 5.17. The minimum absolute atomic E-state index is 0.217. The number of hydrogen-bond donors (Lipinski definition) is 1. The van der Waals surface area contributed by atoms with Crippen LogP contribution in [0.2, 0.25) is 0 Å². The molecular formula is C10H19N3O. The van der Waals surface area contributed by atoms with Gasteiger partial charge in [-0.15, -0.1) is 0 Å². The molecule has 4 heteroatoms. The van der Waals surface area contributed by atoms with Gasteiger partial charge in [-0.2, -0.15) is 4.98 Å². The molecule has 0 aromatic carbocycles. The number of nitrogens with one attached hydrogen (secondary N) is 1. The van der Waals surface area contributed by atoms with Crippen LogP contribution in [0.4, 0.5) is 0 Å². The van der Waals surface area contributed by atoms with Gasteiger partial charge in [0, 0.05) is 6.92 Å². The van der Waals surface area contributed by atoms with E-state index in [4.69, 9.17) is 4.52 Å². The van der Waals surface area contributed by atoms with Crippen LogP contribution in [0.15, 0.2) is 4.52 Å². The smallest absolute Gasteiger partial charge is 0.223 e. The van der Waals surface area contributed by atoms with E-state index in [0.29, 0.717) is 11.8 Å². The Balaban J connectivity index is 2.54. The third-order valence-electron chi connectivity index (χ3n) is 2.04. The minimum atomic E-state index is 0.217. The van der Waals surface area contributed by atoms with Crippen LogP contribution in [0, 0.1) is 12.8 Å². The third-order valence-corrected chi connectivity index (χ3v) is 2.04. The number of aryl methyl sites for hydroxylation is 1. The fourth-order valence-electron chi connectivity index (χ4n) is 1.25. The van der Waals surface area contributed by atoms with Crippen molar-refractivity contribution in [2.45, 2.75) is 40.2 Å². The lowest BCUT2D eigenvalue weighted by molar-refractivity contribution is 0.371. The molecule has 80 valence electrons. The van der Waals surface area contributed by atoms with Crippen molar-refractivity contribution in [1.29, 1.82) is 0 Å². The van der Waals surface area contributed by atoms with E-state index in [1.54, 1.807) is 0 Å². The van der Waals surface area contributed by atoms with Gasteiger partial charge >= 0.3 is 0 Å². The zero-order valence-corrected chi connectivity index (χ0v) is 9.37. The van der Waals surface area contributed by atoms with Crippen LogP contribution in [0.5, 0.6) is 0 Å². The number of rotatable bonds is 5. The van der Waals surface area contributed by atoms with Gasteiger partial charge in [0.15, 0.2) is 5.82 Å². The molecule has 14 heavy (non-hydrogen) atoms. The fraction of sp³-hybridized carbons (Fsp3) is 0.800. The van der Waals surface area contributed by atoms with Gasteiger partial charge in [0.25, 0.3) is 0 Å². The summed E-state index contributed by atoms with van der Waals surface area (Å²) in [5.41, 5.74) is 0. The quantitative estimate of drug-likeness (QED) is 0.785. The van der Waals surface area contributed by atoms with Crippen molar-refractivity contribution < 1.29 is 4.52 Å². The van der Waals surface area contributed by atoms with Crippen LogP contribution in [0.3, 0.4) is 0 Å². The summed E-state index contributed by atoms with van der Waals surface area (Å²) >= 11 is 0. The van der Waals surface area contributed by atoms with Crippen LogP contribution >= 0.6 is 0 Å². The summed E-state index contributed by atoms with van der Waals surface area (Å²) in [6.45, 7) is 9.27. The van der Waals surface area contributed by atoms with Gasteiger partial charge in [0.05, 0.1) is 6.04 Å². The van der Waals surface area contributed by atoms with Gasteiger partial charge in [-0.3, -0.25) is 0 Å². The Morgan fingerprint density at radius 1 is 1.43 bits per heavy atom. The standard InChI is InChI=1S/C10H19N3O/c1-5-9(11-6-7(2)3)10-12-8(4)14-13-10/h7,9,11H,5-6H2,1-4H3. The summed E-state index contributed by atoms with van der Waals surface area (Å²) < 4.78 is 4.95. The van der Waals surface area contributed by atoms with Crippen molar-refractivity contribution in [3.63, 3.8) is 0 Å². The van der Waals surface area contributed by atoms with E-state index < -0.39 is 0 Å². The number of aromatic nitrogens is 2. The SMILES string of the molecule is CCC(NCC(C)C)c1noc(C)n1. The van der Waals surface area contributed by atoms with Gasteiger partial charge in [0.1, 0.15) is 0 Å². The highest BCUT2D eigenvalue weighted by molar-refractivity contribution is 4.92. The lowest BCUT2D eigenvalue weighted by Crippen LogP contribution is -2.25. The predicted octanol–water partition coefficient (Wildman–Crippen LogP) is 2.07. The molecule has 1 atom stereocenters. The largest absolute Gasteiger partial charge is 0.340 e. The Kier molecular flexibility index (Phi) is 4.07. The Bertz CT molecular complexity index is 270. The molecule has 1 aromatic heterocycles. The first kappa shape index (κ1) is 11.2. The highest BCUT2D eigenvalue weighted by Gasteiger charge is 2.14. The van der Waals surface area contributed by atoms with Crippen molar-refractivity contribution >= 4 is 0 Å². The molecule has 0 aliphatic heterocycles. The van der Waals surface area contributed by atoms with Crippen molar-refractivity contribution in [2.24, 2.45) is 5.92 Å². The van der Waals surface area contributed by atoms with Crippen LogP contribution < -0.4 is 5.32 Å². The van der Waals surface area contributed by atoms with E-state index in [0.717, 1.165) is 18.8 Å². The van der Waals surface area contributed by atoms with Crippen molar-refractivity contribution in [3.8, 4) is 0 Å². The highest BCUT2D eigenvalue weighted by atomic mass is 16.5. The lowest BCUT2D eigenvalue weighted by atomic mass is 10.1. The summed E-state index contributed by atoms with van der Waals surface area (Å²) in [4.78, 5) is 4.22. The number of hydrogen-bond acceptors (Lipinski definition) is 4. The van der Waals surface area contributed by atoms with E-state index in [1.807, 2.05) is 6.92 Å². The minimum Gasteiger partial charge on any atom is -0.340 e. The Hall–Kier alpha value is -0.900. The predicted molar refractivity (Wildman–Crippen MR) is 54.9 cm³/mol. The Labute approximate surface area is 85.1 Å². The molecule has 0 fully saturated rings. The number of nitrogens with zero attached hydrogens (tertiary/aromatic N) is 2. The first-order chi connectivity index (χ1) is 6.63. The monoisotopic (exact) mass is 197 g/mol. The zero-order chi connectivity index (χ0) is 10.6. The van der Waals surface area contributed by atoms with E-state index in [-0.39, 0.29) is 6.04 Å². The maximum atomic E-state index is 4.95. The van der Waals surface area contributed by atoms with Crippen molar-refractivity contribution in [1.82, 2.24) is 15.5 Å².